The number of rotatable bonds is 2. The summed E-state index contributed by atoms with van der Waals surface area (Å²) in [5, 5.41) is 0. The molecule has 0 bridgehead atoms. The van der Waals surface area contributed by atoms with Crippen LogP contribution in [0.2, 0.25) is 0 Å². The highest BCUT2D eigenvalue weighted by Gasteiger charge is 2.27. The second kappa shape index (κ2) is 10.7. The van der Waals surface area contributed by atoms with Gasteiger partial charge in [-0.05, 0) is 56.2 Å². The van der Waals surface area contributed by atoms with Crippen LogP contribution in [-0.2, 0) is 16.1 Å². The van der Waals surface area contributed by atoms with Crippen molar-refractivity contribution in [2.75, 3.05) is 49.6 Å². The number of halogens is 1. The van der Waals surface area contributed by atoms with E-state index in [1.165, 1.54) is 24.0 Å². The van der Waals surface area contributed by atoms with Gasteiger partial charge in [-0.25, -0.2) is 4.39 Å². The summed E-state index contributed by atoms with van der Waals surface area (Å²) in [6, 6.07) is 9.71. The number of hydrogen-bond donors (Lipinski definition) is 0. The molecule has 8 nitrogen and oxygen atoms in total. The number of carbonyl (C=O) groups is 3. The van der Waals surface area contributed by atoms with Crippen molar-refractivity contribution in [3.63, 3.8) is 0 Å². The zero-order chi connectivity index (χ0) is 26.0. The zero-order valence-corrected chi connectivity index (χ0v) is 21.3. The molecule has 2 aliphatic heterocycles. The topological polar surface area (TPSA) is 73.4 Å². The maximum Gasteiger partial charge on any atom is 0.264 e. The van der Waals surface area contributed by atoms with E-state index >= 15 is 0 Å². The van der Waals surface area contributed by atoms with Crippen molar-refractivity contribution in [3.8, 4) is 5.75 Å². The minimum absolute atomic E-state index is 0.0338. The average molecular weight is 497 g/mol. The summed E-state index contributed by atoms with van der Waals surface area (Å²) in [6.07, 6.45) is 0.729. The van der Waals surface area contributed by atoms with Gasteiger partial charge in [0.05, 0.1) is 11.4 Å². The lowest BCUT2D eigenvalue weighted by Crippen LogP contribution is -2.41. The van der Waals surface area contributed by atoms with Gasteiger partial charge in [-0.2, -0.15) is 0 Å². The zero-order valence-electron chi connectivity index (χ0n) is 21.3. The van der Waals surface area contributed by atoms with E-state index in [4.69, 9.17) is 4.74 Å². The Hall–Kier alpha value is -3.46. The van der Waals surface area contributed by atoms with Crippen LogP contribution in [0.3, 0.4) is 0 Å². The van der Waals surface area contributed by atoms with Gasteiger partial charge in [0.1, 0.15) is 11.6 Å². The highest BCUT2D eigenvalue weighted by molar-refractivity contribution is 6.01. The number of hydrogen-bond acceptors (Lipinski definition) is 5. The van der Waals surface area contributed by atoms with Gasteiger partial charge in [-0.15, -0.1) is 0 Å². The van der Waals surface area contributed by atoms with Crippen LogP contribution in [0.4, 0.5) is 15.8 Å². The van der Waals surface area contributed by atoms with E-state index in [1.807, 2.05) is 0 Å². The molecule has 0 saturated carbocycles. The number of ether oxygens (including phenoxy) is 1. The largest absolute Gasteiger partial charge is 0.482 e. The molecule has 0 aliphatic carbocycles. The molecule has 0 unspecified atom stereocenters. The minimum atomic E-state index is -0.432. The first-order valence-electron chi connectivity index (χ1n) is 12.3. The van der Waals surface area contributed by atoms with Crippen LogP contribution in [0.15, 0.2) is 36.4 Å². The van der Waals surface area contributed by atoms with Crippen molar-refractivity contribution >= 4 is 29.1 Å². The van der Waals surface area contributed by atoms with Crippen LogP contribution in [0.25, 0.3) is 0 Å². The first kappa shape index (κ1) is 25.6. The molecule has 0 fully saturated rings. The number of carbonyl (C=O) groups excluding carboxylic acids is 3. The lowest BCUT2D eigenvalue weighted by Gasteiger charge is -2.31. The van der Waals surface area contributed by atoms with Crippen LogP contribution in [0, 0.1) is 5.82 Å². The van der Waals surface area contributed by atoms with Crippen LogP contribution in [0.5, 0.6) is 5.75 Å². The van der Waals surface area contributed by atoms with Gasteiger partial charge in [-0.3, -0.25) is 19.3 Å². The number of fused-ring (bicyclic) bond motifs is 2. The van der Waals surface area contributed by atoms with Crippen molar-refractivity contribution in [1.82, 2.24) is 9.80 Å². The Kier molecular flexibility index (Phi) is 7.59. The standard InChI is InChI=1S/C27H33FN4O4/c1-18(2)30-10-5-11-32(19(3)33)23-15-22(28)8-6-21(23)16-31(13-12-30)27(35)20-7-9-25-24(14-20)29(4)26(34)17-36-25/h6-9,14-15,18H,5,10-13,16-17H2,1-4H3. The second-order valence-corrected chi connectivity index (χ2v) is 9.58. The van der Waals surface area contributed by atoms with E-state index in [0.29, 0.717) is 47.9 Å². The van der Waals surface area contributed by atoms with Crippen molar-refractivity contribution in [3.05, 3.63) is 53.3 Å². The maximum absolute atomic E-state index is 14.3. The molecule has 3 amide bonds. The first-order valence-corrected chi connectivity index (χ1v) is 12.3. The summed E-state index contributed by atoms with van der Waals surface area (Å²) in [7, 11) is 1.66. The van der Waals surface area contributed by atoms with Gasteiger partial charge in [0, 0.05) is 58.3 Å². The molecule has 2 aromatic carbocycles. The SMILES string of the molecule is CC(=O)N1CCCN(C(C)C)CCN(C(=O)c2ccc3c(c2)N(C)C(=O)CO3)Cc2ccc(F)cc21. The quantitative estimate of drug-likeness (QED) is 0.638. The van der Waals surface area contributed by atoms with E-state index in [2.05, 4.69) is 18.7 Å². The Labute approximate surface area is 211 Å². The van der Waals surface area contributed by atoms with Gasteiger partial charge >= 0.3 is 0 Å². The molecule has 0 N–H and O–H groups in total. The van der Waals surface area contributed by atoms with Crippen LogP contribution < -0.4 is 14.5 Å². The average Bonchev–Trinajstić information content (AvgIpc) is 2.88. The molecule has 0 spiro atoms. The highest BCUT2D eigenvalue weighted by Crippen LogP contribution is 2.33. The molecule has 2 heterocycles. The fourth-order valence-corrected chi connectivity index (χ4v) is 4.72. The number of amides is 3. The van der Waals surface area contributed by atoms with Crippen LogP contribution in [-0.4, -0.2) is 73.4 Å². The smallest absolute Gasteiger partial charge is 0.264 e. The summed E-state index contributed by atoms with van der Waals surface area (Å²) >= 11 is 0. The molecule has 0 radical (unpaired) electrons. The van der Waals surface area contributed by atoms with E-state index in [0.717, 1.165) is 13.0 Å². The molecule has 192 valence electrons. The fourth-order valence-electron chi connectivity index (χ4n) is 4.72. The Bertz CT molecular complexity index is 1170. The molecule has 2 aliphatic rings. The summed E-state index contributed by atoms with van der Waals surface area (Å²) < 4.78 is 19.8. The minimum Gasteiger partial charge on any atom is -0.482 e. The van der Waals surface area contributed by atoms with Crippen LogP contribution >= 0.6 is 0 Å². The monoisotopic (exact) mass is 496 g/mol. The molecule has 9 heteroatoms. The van der Waals surface area contributed by atoms with Crippen molar-refractivity contribution in [2.45, 2.75) is 39.8 Å². The lowest BCUT2D eigenvalue weighted by molar-refractivity contribution is -0.121. The highest BCUT2D eigenvalue weighted by atomic mass is 19.1. The lowest BCUT2D eigenvalue weighted by atomic mass is 10.1. The number of anilines is 2. The fraction of sp³-hybridized carbons (Fsp3) is 0.444. The first-order chi connectivity index (χ1) is 17.2. The number of likely N-dealkylation sites (N-methyl/N-ethyl adjacent to an activating group) is 1. The molecule has 0 saturated heterocycles. The molecular weight excluding hydrogens is 463 g/mol. The van der Waals surface area contributed by atoms with Gasteiger partial charge in [0.2, 0.25) is 5.91 Å². The third-order valence-corrected chi connectivity index (χ3v) is 6.87. The summed E-state index contributed by atoms with van der Waals surface area (Å²) in [6.45, 7) is 8.20. The van der Waals surface area contributed by atoms with Gasteiger partial charge in [0.15, 0.2) is 6.61 Å². The summed E-state index contributed by atoms with van der Waals surface area (Å²) in [5.74, 6) is -0.446. The van der Waals surface area contributed by atoms with Crippen molar-refractivity contribution in [1.29, 1.82) is 0 Å². The molecular formula is C27H33FN4O4. The molecule has 36 heavy (non-hydrogen) atoms. The van der Waals surface area contributed by atoms with Crippen molar-refractivity contribution in [2.24, 2.45) is 0 Å². The van der Waals surface area contributed by atoms with E-state index in [-0.39, 0.29) is 36.9 Å². The van der Waals surface area contributed by atoms with Gasteiger partial charge in [-0.1, -0.05) is 6.07 Å². The Morgan fingerprint density at radius 2 is 1.78 bits per heavy atom. The van der Waals surface area contributed by atoms with E-state index in [9.17, 15) is 18.8 Å². The van der Waals surface area contributed by atoms with Crippen LogP contribution in [0.1, 0.15) is 43.1 Å². The van der Waals surface area contributed by atoms with Gasteiger partial charge in [0.25, 0.3) is 11.8 Å². The predicted octanol–water partition coefficient (Wildman–Crippen LogP) is 3.29. The Balaban J connectivity index is 1.72. The molecule has 0 aromatic heterocycles. The summed E-state index contributed by atoms with van der Waals surface area (Å²) in [5.41, 5.74) is 2.16. The molecule has 4 rings (SSSR count). The Morgan fingerprint density at radius 3 is 2.50 bits per heavy atom. The van der Waals surface area contributed by atoms with E-state index < -0.39 is 5.82 Å². The summed E-state index contributed by atoms with van der Waals surface area (Å²) in [4.78, 5) is 45.5. The second-order valence-electron chi connectivity index (χ2n) is 9.58. The predicted molar refractivity (Wildman–Crippen MR) is 136 cm³/mol. The maximum atomic E-state index is 14.3. The Morgan fingerprint density at radius 1 is 1.00 bits per heavy atom. The third-order valence-electron chi connectivity index (χ3n) is 6.87. The number of nitrogens with zero attached hydrogens (tertiary/aromatic N) is 4. The van der Waals surface area contributed by atoms with Gasteiger partial charge < -0.3 is 19.4 Å². The normalized spacial score (nSPS) is 17.3. The van der Waals surface area contributed by atoms with Crippen molar-refractivity contribution < 1.29 is 23.5 Å². The number of benzene rings is 2. The third kappa shape index (κ3) is 5.36. The van der Waals surface area contributed by atoms with E-state index in [1.54, 1.807) is 41.1 Å². The molecule has 2 aromatic rings. The molecule has 0 atom stereocenters.